The van der Waals surface area contributed by atoms with Crippen molar-refractivity contribution in [3.8, 4) is 0 Å². The number of hydrogen-bond acceptors (Lipinski definition) is 4. The Labute approximate surface area is 170 Å². The summed E-state index contributed by atoms with van der Waals surface area (Å²) in [5, 5.41) is 10.8. The average molecular weight is 394 g/mol. The predicted molar refractivity (Wildman–Crippen MR) is 117 cm³/mol. The van der Waals surface area contributed by atoms with E-state index < -0.39 is 0 Å². The first-order valence-electron chi connectivity index (χ1n) is 8.89. The van der Waals surface area contributed by atoms with E-state index in [9.17, 15) is 4.79 Å². The number of nitrogens with zero attached hydrogens (tertiary/aromatic N) is 2. The molecule has 1 atom stereocenters. The van der Waals surface area contributed by atoms with Gasteiger partial charge in [-0.1, -0.05) is 42.5 Å². The van der Waals surface area contributed by atoms with Crippen LogP contribution in [-0.4, -0.2) is 31.3 Å². The number of anilines is 1. The minimum atomic E-state index is -0.350. The third-order valence-electron chi connectivity index (χ3n) is 4.44. The number of carbonyl (C=O) groups is 1. The van der Waals surface area contributed by atoms with Crippen molar-refractivity contribution in [2.24, 2.45) is 5.10 Å². The summed E-state index contributed by atoms with van der Waals surface area (Å²) in [5.74, 6) is -0.283. The van der Waals surface area contributed by atoms with E-state index in [0.29, 0.717) is 16.4 Å². The number of thiocarbonyl (C=S) groups is 1. The fourth-order valence-corrected chi connectivity index (χ4v) is 3.25. The van der Waals surface area contributed by atoms with Gasteiger partial charge >= 0.3 is 0 Å². The molecule has 2 aromatic rings. The molecule has 0 radical (unpaired) electrons. The van der Waals surface area contributed by atoms with E-state index in [1.54, 1.807) is 6.21 Å². The summed E-state index contributed by atoms with van der Waals surface area (Å²) in [6, 6.07) is 17.3. The molecule has 0 bridgehead atoms. The topological polar surface area (TPSA) is 68.8 Å². The second kappa shape index (κ2) is 8.67. The normalized spacial score (nSPS) is 16.5. The molecule has 0 aliphatic carbocycles. The first-order valence-corrected chi connectivity index (χ1v) is 9.30. The highest BCUT2D eigenvalue weighted by Gasteiger charge is 2.29. The van der Waals surface area contributed by atoms with Gasteiger partial charge in [-0.05, 0) is 42.4 Å². The Morgan fingerprint density at radius 1 is 1.14 bits per heavy atom. The smallest absolute Gasteiger partial charge is 0.271 e. The molecular formula is C21H23N5OS. The average Bonchev–Trinajstić information content (AvgIpc) is 2.68. The molecule has 2 aromatic carbocycles. The van der Waals surface area contributed by atoms with E-state index in [2.05, 4.69) is 21.2 Å². The molecule has 1 unspecified atom stereocenters. The summed E-state index contributed by atoms with van der Waals surface area (Å²) in [5.41, 5.74) is 6.82. The molecule has 3 N–H and O–H groups in total. The van der Waals surface area contributed by atoms with Gasteiger partial charge in [-0.2, -0.15) is 5.10 Å². The molecule has 1 aliphatic heterocycles. The monoisotopic (exact) mass is 393 g/mol. The Morgan fingerprint density at radius 2 is 1.82 bits per heavy atom. The first-order chi connectivity index (χ1) is 13.5. The SMILES string of the molecule is CC1=C(C(=O)N/N=C/c2ccccc2)C(c2ccc(N(C)C)cc2)NC(=S)N1. The van der Waals surface area contributed by atoms with E-state index in [1.165, 1.54) is 0 Å². The van der Waals surface area contributed by atoms with E-state index in [-0.39, 0.29) is 11.9 Å². The van der Waals surface area contributed by atoms with E-state index in [4.69, 9.17) is 12.2 Å². The van der Waals surface area contributed by atoms with Crippen LogP contribution in [0, 0.1) is 0 Å². The fraction of sp³-hybridized carbons (Fsp3) is 0.190. The van der Waals surface area contributed by atoms with Gasteiger partial charge in [0.25, 0.3) is 5.91 Å². The van der Waals surface area contributed by atoms with Crippen molar-refractivity contribution >= 4 is 35.1 Å². The van der Waals surface area contributed by atoms with Crippen molar-refractivity contribution in [1.29, 1.82) is 0 Å². The van der Waals surface area contributed by atoms with Crippen LogP contribution < -0.4 is 21.0 Å². The molecule has 0 saturated heterocycles. The fourth-order valence-electron chi connectivity index (χ4n) is 2.97. The highest BCUT2D eigenvalue weighted by Crippen LogP contribution is 2.28. The van der Waals surface area contributed by atoms with Crippen molar-refractivity contribution in [2.75, 3.05) is 19.0 Å². The third-order valence-corrected chi connectivity index (χ3v) is 4.66. The molecule has 1 amide bonds. The van der Waals surface area contributed by atoms with Gasteiger partial charge in [-0.25, -0.2) is 5.43 Å². The van der Waals surface area contributed by atoms with Crippen LogP contribution in [0.4, 0.5) is 5.69 Å². The molecule has 3 rings (SSSR count). The van der Waals surface area contributed by atoms with Crippen molar-refractivity contribution in [3.05, 3.63) is 77.0 Å². The van der Waals surface area contributed by atoms with Gasteiger partial charge in [0.15, 0.2) is 5.11 Å². The second-order valence-corrected chi connectivity index (χ2v) is 7.07. The van der Waals surface area contributed by atoms with Gasteiger partial charge in [0.1, 0.15) is 0 Å². The maximum atomic E-state index is 12.9. The molecule has 0 saturated carbocycles. The first kappa shape index (κ1) is 19.6. The van der Waals surface area contributed by atoms with E-state index in [0.717, 1.165) is 16.8 Å². The Balaban J connectivity index is 1.82. The minimum absolute atomic E-state index is 0.283. The number of amides is 1. The summed E-state index contributed by atoms with van der Waals surface area (Å²) >= 11 is 5.29. The molecule has 7 heteroatoms. The minimum Gasteiger partial charge on any atom is -0.378 e. The lowest BCUT2D eigenvalue weighted by Crippen LogP contribution is -2.46. The maximum Gasteiger partial charge on any atom is 0.271 e. The van der Waals surface area contributed by atoms with Crippen LogP contribution in [0.3, 0.4) is 0 Å². The Morgan fingerprint density at radius 3 is 2.46 bits per heavy atom. The lowest BCUT2D eigenvalue weighted by molar-refractivity contribution is -0.117. The number of hydrazone groups is 1. The number of benzene rings is 2. The van der Waals surface area contributed by atoms with Crippen LogP contribution in [0.15, 0.2) is 71.0 Å². The predicted octanol–water partition coefficient (Wildman–Crippen LogP) is 2.70. The quantitative estimate of drug-likeness (QED) is 0.414. The number of rotatable bonds is 5. The van der Waals surface area contributed by atoms with Gasteiger partial charge in [-0.3, -0.25) is 4.79 Å². The Hall–Kier alpha value is -3.19. The highest BCUT2D eigenvalue weighted by molar-refractivity contribution is 7.80. The van der Waals surface area contributed by atoms with Gasteiger partial charge in [0.05, 0.1) is 17.8 Å². The second-order valence-electron chi connectivity index (χ2n) is 6.67. The van der Waals surface area contributed by atoms with Gasteiger partial charge in [-0.15, -0.1) is 0 Å². The van der Waals surface area contributed by atoms with Gasteiger partial charge in [0, 0.05) is 25.5 Å². The molecule has 28 heavy (non-hydrogen) atoms. The van der Waals surface area contributed by atoms with Crippen molar-refractivity contribution < 1.29 is 4.79 Å². The molecular weight excluding hydrogens is 370 g/mol. The van der Waals surface area contributed by atoms with Crippen LogP contribution in [0.25, 0.3) is 0 Å². The van der Waals surface area contributed by atoms with Crippen molar-refractivity contribution in [3.63, 3.8) is 0 Å². The van der Waals surface area contributed by atoms with E-state index in [1.807, 2.05) is 80.5 Å². The zero-order chi connectivity index (χ0) is 20.1. The lowest BCUT2D eigenvalue weighted by atomic mass is 9.95. The highest BCUT2D eigenvalue weighted by atomic mass is 32.1. The molecule has 6 nitrogen and oxygen atoms in total. The zero-order valence-electron chi connectivity index (χ0n) is 16.1. The van der Waals surface area contributed by atoms with Crippen LogP contribution in [0.1, 0.15) is 24.1 Å². The van der Waals surface area contributed by atoms with Crippen LogP contribution in [0.2, 0.25) is 0 Å². The largest absolute Gasteiger partial charge is 0.378 e. The molecule has 1 aliphatic rings. The summed E-state index contributed by atoms with van der Waals surface area (Å²) < 4.78 is 0. The summed E-state index contributed by atoms with van der Waals surface area (Å²) in [6.45, 7) is 1.84. The zero-order valence-corrected chi connectivity index (χ0v) is 16.9. The Kier molecular flexibility index (Phi) is 6.06. The lowest BCUT2D eigenvalue weighted by Gasteiger charge is -2.30. The van der Waals surface area contributed by atoms with E-state index >= 15 is 0 Å². The Bertz CT molecular complexity index is 920. The number of nitrogens with one attached hydrogen (secondary N) is 3. The number of allylic oxidation sites excluding steroid dienone is 1. The van der Waals surface area contributed by atoms with Crippen molar-refractivity contribution in [2.45, 2.75) is 13.0 Å². The summed E-state index contributed by atoms with van der Waals surface area (Å²) in [4.78, 5) is 14.9. The molecule has 0 spiro atoms. The number of hydrogen-bond donors (Lipinski definition) is 3. The molecule has 0 fully saturated rings. The van der Waals surface area contributed by atoms with Gasteiger partial charge < -0.3 is 15.5 Å². The van der Waals surface area contributed by atoms with Crippen molar-refractivity contribution in [1.82, 2.24) is 16.1 Å². The van der Waals surface area contributed by atoms with Gasteiger partial charge in [0.2, 0.25) is 0 Å². The van der Waals surface area contributed by atoms with Crippen LogP contribution >= 0.6 is 12.2 Å². The molecule has 144 valence electrons. The maximum absolute atomic E-state index is 12.9. The van der Waals surface area contributed by atoms with Crippen LogP contribution in [0.5, 0.6) is 0 Å². The van der Waals surface area contributed by atoms with Crippen LogP contribution in [-0.2, 0) is 4.79 Å². The molecule has 0 aromatic heterocycles. The summed E-state index contributed by atoms with van der Waals surface area (Å²) in [6.07, 6.45) is 1.61. The summed E-state index contributed by atoms with van der Waals surface area (Å²) in [7, 11) is 3.97. The standard InChI is InChI=1S/C21H23N5OS/c1-14-18(20(27)25-22-13-15-7-5-4-6-8-15)19(24-21(28)23-14)16-9-11-17(12-10-16)26(2)3/h4-13,19H,1-3H3,(H,25,27)(H2,23,24,28)/b22-13+. The third kappa shape index (κ3) is 4.55. The molecule has 1 heterocycles. The number of carbonyl (C=O) groups excluding carboxylic acids is 1.